The van der Waals surface area contributed by atoms with Gasteiger partial charge in [-0.25, -0.2) is 0 Å². The van der Waals surface area contributed by atoms with E-state index in [0.717, 1.165) is 18.9 Å². The lowest BCUT2D eigenvalue weighted by molar-refractivity contribution is 0.394. The van der Waals surface area contributed by atoms with Gasteiger partial charge in [-0.1, -0.05) is 64.8 Å². The largest absolute Gasteiger partial charge is 0.310 e. The van der Waals surface area contributed by atoms with Crippen LogP contribution < -0.4 is 5.32 Å². The van der Waals surface area contributed by atoms with Gasteiger partial charge in [-0.2, -0.15) is 0 Å². The molecule has 0 spiro atoms. The van der Waals surface area contributed by atoms with E-state index in [4.69, 9.17) is 0 Å². The molecule has 2 unspecified atom stereocenters. The number of aryl methyl sites for hydroxylation is 1. The van der Waals surface area contributed by atoms with Crippen LogP contribution in [0.1, 0.15) is 64.1 Å². The molecule has 1 heteroatoms. The lowest BCUT2D eigenvalue weighted by Gasteiger charge is -2.24. The number of nitrogens with one attached hydrogen (secondary N) is 1. The maximum atomic E-state index is 3.66. The topological polar surface area (TPSA) is 12.0 Å². The fourth-order valence-corrected chi connectivity index (χ4v) is 2.78. The molecule has 102 valence electrons. The first-order valence-electron chi connectivity index (χ1n) is 7.54. The van der Waals surface area contributed by atoms with E-state index in [0.29, 0.717) is 6.04 Å². The van der Waals surface area contributed by atoms with Crippen molar-refractivity contribution in [2.45, 2.75) is 59.4 Å². The van der Waals surface area contributed by atoms with Gasteiger partial charge in [0.25, 0.3) is 0 Å². The minimum Gasteiger partial charge on any atom is -0.310 e. The summed E-state index contributed by atoms with van der Waals surface area (Å²) in [5.74, 6) is 0.795. The van der Waals surface area contributed by atoms with Crippen molar-refractivity contribution in [3.63, 3.8) is 0 Å². The predicted molar refractivity (Wildman–Crippen MR) is 80.9 cm³/mol. The molecule has 18 heavy (non-hydrogen) atoms. The second-order valence-electron chi connectivity index (χ2n) is 5.29. The van der Waals surface area contributed by atoms with Gasteiger partial charge in [-0.15, -0.1) is 0 Å². The third-order valence-electron chi connectivity index (χ3n) is 3.68. The first kappa shape index (κ1) is 15.2. The molecule has 0 aliphatic heterocycles. The molecule has 0 bridgehead atoms. The Balaban J connectivity index is 2.82. The summed E-state index contributed by atoms with van der Waals surface area (Å²) in [7, 11) is 0. The number of benzene rings is 1. The first-order chi connectivity index (χ1) is 8.72. The minimum absolute atomic E-state index is 0.521. The molecule has 0 saturated carbocycles. The molecule has 2 atom stereocenters. The SMILES string of the molecule is CCCC(C)CC(NCC)c1ccccc1CC. The quantitative estimate of drug-likeness (QED) is 0.700. The lowest BCUT2D eigenvalue weighted by atomic mass is 9.90. The van der Waals surface area contributed by atoms with Gasteiger partial charge in [0.05, 0.1) is 0 Å². The van der Waals surface area contributed by atoms with Crippen LogP contribution in [-0.4, -0.2) is 6.54 Å². The molecule has 0 saturated heterocycles. The molecule has 0 aromatic heterocycles. The summed E-state index contributed by atoms with van der Waals surface area (Å²) in [6.45, 7) is 10.1. The Morgan fingerprint density at radius 1 is 1.11 bits per heavy atom. The van der Waals surface area contributed by atoms with Gasteiger partial charge in [0, 0.05) is 6.04 Å². The van der Waals surface area contributed by atoms with E-state index in [9.17, 15) is 0 Å². The Hall–Kier alpha value is -0.820. The van der Waals surface area contributed by atoms with E-state index in [1.54, 1.807) is 0 Å². The van der Waals surface area contributed by atoms with Crippen LogP contribution >= 0.6 is 0 Å². The summed E-state index contributed by atoms with van der Waals surface area (Å²) in [6, 6.07) is 9.41. The summed E-state index contributed by atoms with van der Waals surface area (Å²) in [6.07, 6.45) is 4.99. The molecule has 0 aliphatic rings. The summed E-state index contributed by atoms with van der Waals surface area (Å²) < 4.78 is 0. The molecule has 0 aliphatic carbocycles. The van der Waals surface area contributed by atoms with Crippen LogP contribution in [0.5, 0.6) is 0 Å². The van der Waals surface area contributed by atoms with Crippen LogP contribution in [0.4, 0.5) is 0 Å². The van der Waals surface area contributed by atoms with E-state index < -0.39 is 0 Å². The second kappa shape index (κ2) is 8.31. The van der Waals surface area contributed by atoms with Gasteiger partial charge >= 0.3 is 0 Å². The Labute approximate surface area is 113 Å². The van der Waals surface area contributed by atoms with Gasteiger partial charge in [0.15, 0.2) is 0 Å². The molecular formula is C17H29N. The highest BCUT2D eigenvalue weighted by Gasteiger charge is 2.16. The fourth-order valence-electron chi connectivity index (χ4n) is 2.78. The van der Waals surface area contributed by atoms with Crippen LogP contribution in [-0.2, 0) is 6.42 Å². The predicted octanol–water partition coefficient (Wildman–Crippen LogP) is 4.73. The smallest absolute Gasteiger partial charge is 0.0325 e. The summed E-state index contributed by atoms with van der Waals surface area (Å²) in [5.41, 5.74) is 3.00. The average molecular weight is 247 g/mol. The van der Waals surface area contributed by atoms with Gasteiger partial charge in [-0.05, 0) is 36.4 Å². The Morgan fingerprint density at radius 2 is 1.83 bits per heavy atom. The molecule has 0 heterocycles. The van der Waals surface area contributed by atoms with Crippen LogP contribution in [0.15, 0.2) is 24.3 Å². The standard InChI is InChI=1S/C17H29N/c1-5-10-14(4)13-17(18-7-3)16-12-9-8-11-15(16)6-2/h8-9,11-12,14,17-18H,5-7,10,13H2,1-4H3. The van der Waals surface area contributed by atoms with Crippen molar-refractivity contribution in [3.05, 3.63) is 35.4 Å². The number of hydrogen-bond donors (Lipinski definition) is 1. The van der Waals surface area contributed by atoms with Crippen molar-refractivity contribution in [2.75, 3.05) is 6.54 Å². The highest BCUT2D eigenvalue weighted by molar-refractivity contribution is 5.30. The van der Waals surface area contributed by atoms with Gasteiger partial charge in [-0.3, -0.25) is 0 Å². The van der Waals surface area contributed by atoms with E-state index in [1.165, 1.54) is 30.4 Å². The number of rotatable bonds is 8. The van der Waals surface area contributed by atoms with Crippen LogP contribution in [0.25, 0.3) is 0 Å². The zero-order chi connectivity index (χ0) is 13.4. The molecule has 1 aromatic carbocycles. The third-order valence-corrected chi connectivity index (χ3v) is 3.68. The molecule has 0 radical (unpaired) electrons. The fraction of sp³-hybridized carbons (Fsp3) is 0.647. The van der Waals surface area contributed by atoms with Crippen molar-refractivity contribution < 1.29 is 0 Å². The van der Waals surface area contributed by atoms with Gasteiger partial charge in [0.1, 0.15) is 0 Å². The second-order valence-corrected chi connectivity index (χ2v) is 5.29. The summed E-state index contributed by atoms with van der Waals surface area (Å²) in [5, 5.41) is 3.66. The third kappa shape index (κ3) is 4.45. The average Bonchev–Trinajstić information content (AvgIpc) is 2.38. The van der Waals surface area contributed by atoms with Crippen LogP contribution in [0.3, 0.4) is 0 Å². The normalized spacial score (nSPS) is 14.4. The molecule has 1 nitrogen and oxygen atoms in total. The van der Waals surface area contributed by atoms with Crippen molar-refractivity contribution in [2.24, 2.45) is 5.92 Å². The van der Waals surface area contributed by atoms with Crippen molar-refractivity contribution in [1.82, 2.24) is 5.32 Å². The van der Waals surface area contributed by atoms with Gasteiger partial charge in [0.2, 0.25) is 0 Å². The van der Waals surface area contributed by atoms with Crippen LogP contribution in [0, 0.1) is 5.92 Å². The molecule has 1 aromatic rings. The van der Waals surface area contributed by atoms with Gasteiger partial charge < -0.3 is 5.32 Å². The zero-order valence-electron chi connectivity index (χ0n) is 12.5. The van der Waals surface area contributed by atoms with E-state index in [2.05, 4.69) is 57.3 Å². The Bertz CT molecular complexity index is 332. The molecular weight excluding hydrogens is 218 g/mol. The molecule has 0 fully saturated rings. The van der Waals surface area contributed by atoms with Crippen molar-refractivity contribution in [1.29, 1.82) is 0 Å². The van der Waals surface area contributed by atoms with E-state index >= 15 is 0 Å². The summed E-state index contributed by atoms with van der Waals surface area (Å²) >= 11 is 0. The highest BCUT2D eigenvalue weighted by atomic mass is 14.9. The minimum atomic E-state index is 0.521. The van der Waals surface area contributed by atoms with Crippen molar-refractivity contribution in [3.8, 4) is 0 Å². The molecule has 1 N–H and O–H groups in total. The maximum absolute atomic E-state index is 3.66. The zero-order valence-corrected chi connectivity index (χ0v) is 12.5. The van der Waals surface area contributed by atoms with Crippen LogP contribution in [0.2, 0.25) is 0 Å². The monoisotopic (exact) mass is 247 g/mol. The van der Waals surface area contributed by atoms with Crippen molar-refractivity contribution >= 4 is 0 Å². The lowest BCUT2D eigenvalue weighted by Crippen LogP contribution is -2.24. The Morgan fingerprint density at radius 3 is 2.44 bits per heavy atom. The number of hydrogen-bond acceptors (Lipinski definition) is 1. The molecule has 0 amide bonds. The highest BCUT2D eigenvalue weighted by Crippen LogP contribution is 2.26. The van der Waals surface area contributed by atoms with E-state index in [-0.39, 0.29) is 0 Å². The molecule has 1 rings (SSSR count). The first-order valence-corrected chi connectivity index (χ1v) is 7.54. The van der Waals surface area contributed by atoms with E-state index in [1.807, 2.05) is 0 Å². The summed E-state index contributed by atoms with van der Waals surface area (Å²) in [4.78, 5) is 0. The maximum Gasteiger partial charge on any atom is 0.0325 e. The Kier molecular flexibility index (Phi) is 7.04.